The van der Waals surface area contributed by atoms with Gasteiger partial charge >= 0.3 is 6.18 Å². The van der Waals surface area contributed by atoms with Gasteiger partial charge in [0.1, 0.15) is 5.82 Å². The van der Waals surface area contributed by atoms with E-state index < -0.39 is 23.5 Å². The van der Waals surface area contributed by atoms with Gasteiger partial charge in [0.05, 0.1) is 5.56 Å². The Balaban J connectivity index is 2.18. The molecule has 1 aromatic carbocycles. The molecule has 0 saturated heterocycles. The van der Waals surface area contributed by atoms with Gasteiger partial charge in [0.15, 0.2) is 0 Å². The van der Waals surface area contributed by atoms with Crippen molar-refractivity contribution in [3.05, 3.63) is 35.1 Å². The highest BCUT2D eigenvalue weighted by Crippen LogP contribution is 2.39. The number of hydrogen-bond acceptors (Lipinski definition) is 2. The van der Waals surface area contributed by atoms with Crippen molar-refractivity contribution in [2.45, 2.75) is 38.5 Å². The monoisotopic (exact) mass is 304 g/mol. The average Bonchev–Trinajstić information content (AvgIpc) is 2.37. The fourth-order valence-corrected chi connectivity index (χ4v) is 2.33. The zero-order valence-electron chi connectivity index (χ0n) is 11.6. The first-order valence-corrected chi connectivity index (χ1v) is 6.46. The second-order valence-electron chi connectivity index (χ2n) is 5.88. The Bertz CT molecular complexity index is 569. The van der Waals surface area contributed by atoms with Crippen molar-refractivity contribution in [3.63, 3.8) is 0 Å². The molecule has 116 valence electrons. The highest BCUT2D eigenvalue weighted by Gasteiger charge is 2.46. The number of benzene rings is 1. The Morgan fingerprint density at radius 3 is 2.48 bits per heavy atom. The van der Waals surface area contributed by atoms with E-state index in [9.17, 15) is 22.4 Å². The first-order valence-electron chi connectivity index (χ1n) is 6.46. The minimum absolute atomic E-state index is 0.0678. The van der Waals surface area contributed by atoms with Crippen molar-refractivity contribution >= 4 is 5.91 Å². The van der Waals surface area contributed by atoms with E-state index in [0.717, 1.165) is 6.07 Å². The molecule has 2 rings (SSSR count). The van der Waals surface area contributed by atoms with E-state index >= 15 is 0 Å². The number of carbonyl (C=O) groups is 1. The Kier molecular flexibility index (Phi) is 3.73. The van der Waals surface area contributed by atoms with Crippen molar-refractivity contribution in [1.29, 1.82) is 0 Å². The van der Waals surface area contributed by atoms with Gasteiger partial charge in [0.2, 0.25) is 0 Å². The molecule has 0 aromatic heterocycles. The van der Waals surface area contributed by atoms with Gasteiger partial charge < -0.3 is 11.1 Å². The first-order chi connectivity index (χ1) is 9.53. The molecule has 7 heteroatoms. The van der Waals surface area contributed by atoms with E-state index in [-0.39, 0.29) is 23.1 Å². The third-order valence-electron chi connectivity index (χ3n) is 4.18. The van der Waals surface area contributed by atoms with Crippen molar-refractivity contribution < 1.29 is 22.4 Å². The molecule has 0 aliphatic heterocycles. The van der Waals surface area contributed by atoms with Gasteiger partial charge in [0.25, 0.3) is 5.91 Å². The average molecular weight is 304 g/mol. The highest BCUT2D eigenvalue weighted by molar-refractivity contribution is 5.94. The Labute approximate surface area is 119 Å². The normalized spacial score (nSPS) is 24.3. The molecule has 0 radical (unpaired) electrons. The minimum atomic E-state index is -4.83. The molecule has 1 aromatic rings. The standard InChI is InChI=1S/C14H16F4N2O/c1-13(2)10(19)6-11(13)20-12(21)7-3-4-9(15)8(5-7)14(16,17)18/h3-5,10-11H,6,19H2,1-2H3,(H,20,21). The molecule has 1 saturated carbocycles. The van der Waals surface area contributed by atoms with Crippen molar-refractivity contribution in [3.8, 4) is 0 Å². The largest absolute Gasteiger partial charge is 0.419 e. The number of alkyl halides is 3. The molecule has 2 unspecified atom stereocenters. The van der Waals surface area contributed by atoms with Crippen LogP contribution in [0.25, 0.3) is 0 Å². The Morgan fingerprint density at radius 2 is 2.00 bits per heavy atom. The summed E-state index contributed by atoms with van der Waals surface area (Å²) < 4.78 is 51.0. The fourth-order valence-electron chi connectivity index (χ4n) is 2.33. The summed E-state index contributed by atoms with van der Waals surface area (Å²) in [5, 5.41) is 2.64. The zero-order chi connectivity index (χ0) is 16.0. The van der Waals surface area contributed by atoms with E-state index in [0.29, 0.717) is 18.6 Å². The molecule has 1 fully saturated rings. The number of nitrogens with one attached hydrogen (secondary N) is 1. The van der Waals surface area contributed by atoms with Crippen LogP contribution >= 0.6 is 0 Å². The maximum Gasteiger partial charge on any atom is 0.419 e. The van der Waals surface area contributed by atoms with Crippen LogP contribution in [-0.4, -0.2) is 18.0 Å². The van der Waals surface area contributed by atoms with Gasteiger partial charge in [0, 0.05) is 23.1 Å². The molecule has 3 nitrogen and oxygen atoms in total. The second-order valence-corrected chi connectivity index (χ2v) is 5.88. The van der Waals surface area contributed by atoms with Crippen LogP contribution in [0, 0.1) is 11.2 Å². The molecule has 1 amide bonds. The summed E-state index contributed by atoms with van der Waals surface area (Å²) in [6.45, 7) is 3.75. The highest BCUT2D eigenvalue weighted by atomic mass is 19.4. The van der Waals surface area contributed by atoms with E-state index in [1.54, 1.807) is 0 Å². The summed E-state index contributed by atoms with van der Waals surface area (Å²) in [4.78, 5) is 12.0. The van der Waals surface area contributed by atoms with Gasteiger partial charge in [-0.2, -0.15) is 13.2 Å². The lowest BCUT2D eigenvalue weighted by Crippen LogP contribution is -2.64. The van der Waals surface area contributed by atoms with E-state index in [1.165, 1.54) is 0 Å². The summed E-state index contributed by atoms with van der Waals surface area (Å²) >= 11 is 0. The third-order valence-corrected chi connectivity index (χ3v) is 4.18. The summed E-state index contributed by atoms with van der Waals surface area (Å²) in [5.41, 5.74) is 3.83. The summed E-state index contributed by atoms with van der Waals surface area (Å²) in [7, 11) is 0. The van der Waals surface area contributed by atoms with E-state index in [4.69, 9.17) is 5.73 Å². The molecule has 1 aliphatic rings. The molecule has 0 bridgehead atoms. The maximum atomic E-state index is 13.2. The van der Waals surface area contributed by atoms with Crippen LogP contribution in [0.15, 0.2) is 18.2 Å². The molecular formula is C14H16F4N2O. The third kappa shape index (κ3) is 2.88. The summed E-state index contributed by atoms with van der Waals surface area (Å²) in [6.07, 6.45) is -4.27. The molecule has 1 aliphatic carbocycles. The van der Waals surface area contributed by atoms with Gasteiger partial charge in [-0.25, -0.2) is 4.39 Å². The van der Waals surface area contributed by atoms with Crippen LogP contribution in [0.2, 0.25) is 0 Å². The lowest BCUT2D eigenvalue weighted by molar-refractivity contribution is -0.140. The van der Waals surface area contributed by atoms with E-state index in [2.05, 4.69) is 5.32 Å². The zero-order valence-corrected chi connectivity index (χ0v) is 11.6. The van der Waals surface area contributed by atoms with Crippen LogP contribution in [0.4, 0.5) is 17.6 Å². The molecule has 0 heterocycles. The van der Waals surface area contributed by atoms with Crippen LogP contribution in [0.5, 0.6) is 0 Å². The molecular weight excluding hydrogens is 288 g/mol. The van der Waals surface area contributed by atoms with Crippen molar-refractivity contribution in [2.75, 3.05) is 0 Å². The molecule has 0 spiro atoms. The van der Waals surface area contributed by atoms with Gasteiger partial charge in [-0.3, -0.25) is 4.79 Å². The number of halogens is 4. The summed E-state index contributed by atoms with van der Waals surface area (Å²) in [5.74, 6) is -2.06. The lowest BCUT2D eigenvalue weighted by atomic mass is 9.63. The Morgan fingerprint density at radius 1 is 1.38 bits per heavy atom. The van der Waals surface area contributed by atoms with Crippen LogP contribution in [-0.2, 0) is 6.18 Å². The molecule has 2 atom stereocenters. The number of hydrogen-bond donors (Lipinski definition) is 2. The van der Waals surface area contributed by atoms with Crippen LogP contribution < -0.4 is 11.1 Å². The predicted molar refractivity (Wildman–Crippen MR) is 69.0 cm³/mol. The lowest BCUT2D eigenvalue weighted by Gasteiger charge is -2.50. The van der Waals surface area contributed by atoms with Crippen molar-refractivity contribution in [2.24, 2.45) is 11.1 Å². The second kappa shape index (κ2) is 4.98. The van der Waals surface area contributed by atoms with Gasteiger partial charge in [-0.05, 0) is 24.6 Å². The minimum Gasteiger partial charge on any atom is -0.349 e. The van der Waals surface area contributed by atoms with Gasteiger partial charge in [-0.15, -0.1) is 0 Å². The van der Waals surface area contributed by atoms with Crippen molar-refractivity contribution in [1.82, 2.24) is 5.32 Å². The number of rotatable bonds is 2. The van der Waals surface area contributed by atoms with Crippen LogP contribution in [0.3, 0.4) is 0 Å². The maximum absolute atomic E-state index is 13.2. The number of carbonyl (C=O) groups excluding carboxylic acids is 1. The van der Waals surface area contributed by atoms with E-state index in [1.807, 2.05) is 13.8 Å². The number of nitrogens with two attached hydrogens (primary N) is 1. The summed E-state index contributed by atoms with van der Waals surface area (Å²) in [6, 6.07) is 1.93. The van der Waals surface area contributed by atoms with Crippen LogP contribution in [0.1, 0.15) is 36.2 Å². The number of amides is 1. The van der Waals surface area contributed by atoms with Gasteiger partial charge in [-0.1, -0.05) is 13.8 Å². The Hall–Kier alpha value is -1.63. The smallest absolute Gasteiger partial charge is 0.349 e. The molecule has 3 N–H and O–H groups in total. The topological polar surface area (TPSA) is 55.1 Å². The quantitative estimate of drug-likeness (QED) is 0.825. The molecule has 21 heavy (non-hydrogen) atoms. The predicted octanol–water partition coefficient (Wildman–Crippen LogP) is 2.70. The SMILES string of the molecule is CC1(C)C(N)CC1NC(=O)c1ccc(F)c(C(F)(F)F)c1. The fraction of sp³-hybridized carbons (Fsp3) is 0.500. The first kappa shape index (κ1) is 15.8.